The van der Waals surface area contributed by atoms with E-state index in [1.165, 1.54) is 56.9 Å². The van der Waals surface area contributed by atoms with Gasteiger partial charge in [0.25, 0.3) is 0 Å². The Morgan fingerprint density at radius 3 is 2.63 bits per heavy atom. The summed E-state index contributed by atoms with van der Waals surface area (Å²) >= 11 is 0. The van der Waals surface area contributed by atoms with E-state index in [-0.39, 0.29) is 0 Å². The van der Waals surface area contributed by atoms with Crippen LogP contribution in [0.2, 0.25) is 0 Å². The van der Waals surface area contributed by atoms with Crippen LogP contribution >= 0.6 is 0 Å². The average Bonchev–Trinajstić information content (AvgIpc) is 2.93. The van der Waals surface area contributed by atoms with E-state index in [1.807, 2.05) is 0 Å². The molecule has 0 aromatic heterocycles. The second kappa shape index (κ2) is 6.06. The summed E-state index contributed by atoms with van der Waals surface area (Å²) in [6.45, 7) is 0. The quantitative estimate of drug-likeness (QED) is 0.643. The molecule has 0 heterocycles. The fourth-order valence-electron chi connectivity index (χ4n) is 3.90. The van der Waals surface area contributed by atoms with E-state index in [0.29, 0.717) is 6.04 Å². The molecule has 0 aliphatic heterocycles. The van der Waals surface area contributed by atoms with Crippen molar-refractivity contribution in [2.75, 3.05) is 0 Å². The lowest BCUT2D eigenvalue weighted by molar-refractivity contribution is 0.268. The minimum atomic E-state index is 0.458. The largest absolute Gasteiger partial charge is 0.271 e. The van der Waals surface area contributed by atoms with E-state index in [0.717, 1.165) is 12.3 Å². The van der Waals surface area contributed by atoms with Crippen molar-refractivity contribution in [1.82, 2.24) is 5.43 Å². The predicted molar refractivity (Wildman–Crippen MR) is 79.9 cm³/mol. The summed E-state index contributed by atoms with van der Waals surface area (Å²) in [5, 5.41) is 0. The molecule has 2 aliphatic rings. The van der Waals surface area contributed by atoms with Gasteiger partial charge in [-0.3, -0.25) is 11.3 Å². The van der Waals surface area contributed by atoms with Gasteiger partial charge in [0.1, 0.15) is 0 Å². The smallest absolute Gasteiger partial charge is 0.0279 e. The van der Waals surface area contributed by atoms with Gasteiger partial charge in [0, 0.05) is 6.04 Å². The highest BCUT2D eigenvalue weighted by Gasteiger charge is 2.23. The Hall–Kier alpha value is -0.860. The molecule has 2 heteroatoms. The Morgan fingerprint density at radius 2 is 1.84 bits per heavy atom. The zero-order valence-corrected chi connectivity index (χ0v) is 11.8. The van der Waals surface area contributed by atoms with Gasteiger partial charge >= 0.3 is 0 Å². The standard InChI is InChI=1S/C17H26N2/c18-19-17(15-5-2-1-3-6-15)12-13-9-10-14-7-4-8-16(14)11-13/h9-11,15,17,19H,1-8,12,18H2. The van der Waals surface area contributed by atoms with E-state index in [4.69, 9.17) is 5.84 Å². The Labute approximate surface area is 116 Å². The number of aryl methyl sites for hydroxylation is 2. The third-order valence-electron chi connectivity index (χ3n) is 5.05. The van der Waals surface area contributed by atoms with Crippen molar-refractivity contribution in [2.24, 2.45) is 11.8 Å². The van der Waals surface area contributed by atoms with E-state index in [9.17, 15) is 0 Å². The lowest BCUT2D eigenvalue weighted by atomic mass is 9.81. The highest BCUT2D eigenvalue weighted by atomic mass is 15.2. The number of benzene rings is 1. The third kappa shape index (κ3) is 3.01. The Bertz CT molecular complexity index is 421. The van der Waals surface area contributed by atoms with E-state index >= 15 is 0 Å². The number of hydrazine groups is 1. The molecule has 1 saturated carbocycles. The third-order valence-corrected chi connectivity index (χ3v) is 5.05. The number of hydrogen-bond donors (Lipinski definition) is 2. The first kappa shape index (κ1) is 13.1. The molecule has 1 aromatic carbocycles. The molecule has 2 nitrogen and oxygen atoms in total. The van der Waals surface area contributed by atoms with Crippen molar-refractivity contribution in [3.05, 3.63) is 34.9 Å². The van der Waals surface area contributed by atoms with Gasteiger partial charge < -0.3 is 0 Å². The molecule has 104 valence electrons. The SMILES string of the molecule is NNC(Cc1ccc2c(c1)CCC2)C1CCCCC1. The van der Waals surface area contributed by atoms with Gasteiger partial charge in [0.15, 0.2) is 0 Å². The first-order chi connectivity index (χ1) is 9.36. The molecular formula is C17H26N2. The minimum Gasteiger partial charge on any atom is -0.271 e. The molecule has 0 radical (unpaired) electrons. The molecule has 0 bridgehead atoms. The van der Waals surface area contributed by atoms with Gasteiger partial charge in [-0.25, -0.2) is 0 Å². The molecule has 1 unspecified atom stereocenters. The molecule has 3 N–H and O–H groups in total. The number of rotatable bonds is 4. The predicted octanol–water partition coefficient (Wildman–Crippen LogP) is 3.13. The highest BCUT2D eigenvalue weighted by Crippen LogP contribution is 2.29. The monoisotopic (exact) mass is 258 g/mol. The molecule has 0 saturated heterocycles. The van der Waals surface area contributed by atoms with Gasteiger partial charge in [-0.15, -0.1) is 0 Å². The molecule has 0 amide bonds. The van der Waals surface area contributed by atoms with Crippen LogP contribution < -0.4 is 11.3 Å². The first-order valence-corrected chi connectivity index (χ1v) is 7.93. The maximum Gasteiger partial charge on any atom is 0.0279 e. The highest BCUT2D eigenvalue weighted by molar-refractivity contribution is 5.35. The molecule has 3 rings (SSSR count). The first-order valence-electron chi connectivity index (χ1n) is 7.93. The normalized spacial score (nSPS) is 21.3. The van der Waals surface area contributed by atoms with Gasteiger partial charge in [0.2, 0.25) is 0 Å². The van der Waals surface area contributed by atoms with Crippen molar-refractivity contribution in [2.45, 2.75) is 63.8 Å². The van der Waals surface area contributed by atoms with Crippen LogP contribution in [-0.4, -0.2) is 6.04 Å². The molecule has 1 aromatic rings. The van der Waals surface area contributed by atoms with Crippen LogP contribution in [0.1, 0.15) is 55.2 Å². The van der Waals surface area contributed by atoms with Crippen molar-refractivity contribution in [3.8, 4) is 0 Å². The zero-order valence-electron chi connectivity index (χ0n) is 11.8. The summed E-state index contributed by atoms with van der Waals surface area (Å²) < 4.78 is 0. The molecule has 1 atom stereocenters. The maximum absolute atomic E-state index is 5.81. The van der Waals surface area contributed by atoms with Gasteiger partial charge in [-0.1, -0.05) is 37.5 Å². The zero-order chi connectivity index (χ0) is 13.1. The minimum absolute atomic E-state index is 0.458. The van der Waals surface area contributed by atoms with Gasteiger partial charge in [-0.2, -0.15) is 0 Å². The number of fused-ring (bicyclic) bond motifs is 1. The van der Waals surface area contributed by atoms with E-state index in [2.05, 4.69) is 23.6 Å². The lowest BCUT2D eigenvalue weighted by Crippen LogP contribution is -2.43. The van der Waals surface area contributed by atoms with Crippen LogP contribution in [-0.2, 0) is 19.3 Å². The summed E-state index contributed by atoms with van der Waals surface area (Å²) in [5.41, 5.74) is 7.70. The maximum atomic E-state index is 5.81. The second-order valence-corrected chi connectivity index (χ2v) is 6.33. The summed E-state index contributed by atoms with van der Waals surface area (Å²) in [4.78, 5) is 0. The van der Waals surface area contributed by atoms with E-state index < -0.39 is 0 Å². The van der Waals surface area contributed by atoms with Crippen molar-refractivity contribution < 1.29 is 0 Å². The number of nitrogens with two attached hydrogens (primary N) is 1. The molecule has 2 aliphatic carbocycles. The van der Waals surface area contributed by atoms with E-state index in [1.54, 1.807) is 11.1 Å². The number of nitrogens with one attached hydrogen (secondary N) is 1. The molecule has 1 fully saturated rings. The fourth-order valence-corrected chi connectivity index (χ4v) is 3.90. The fraction of sp³-hybridized carbons (Fsp3) is 0.647. The lowest BCUT2D eigenvalue weighted by Gasteiger charge is -2.30. The van der Waals surface area contributed by atoms with Crippen LogP contribution in [0.25, 0.3) is 0 Å². The Morgan fingerprint density at radius 1 is 1.05 bits per heavy atom. The van der Waals surface area contributed by atoms with Gasteiger partial charge in [0.05, 0.1) is 0 Å². The molecule has 0 spiro atoms. The van der Waals surface area contributed by atoms with Crippen molar-refractivity contribution in [3.63, 3.8) is 0 Å². The Kier molecular flexibility index (Phi) is 4.19. The van der Waals surface area contributed by atoms with Crippen LogP contribution in [0.3, 0.4) is 0 Å². The summed E-state index contributed by atoms with van der Waals surface area (Å²) in [7, 11) is 0. The molecular weight excluding hydrogens is 232 g/mol. The van der Waals surface area contributed by atoms with Gasteiger partial charge in [-0.05, 0) is 61.1 Å². The van der Waals surface area contributed by atoms with Crippen molar-refractivity contribution in [1.29, 1.82) is 0 Å². The Balaban J connectivity index is 1.68. The summed E-state index contributed by atoms with van der Waals surface area (Å²) in [6, 6.07) is 7.54. The van der Waals surface area contributed by atoms with Crippen LogP contribution in [0, 0.1) is 5.92 Å². The van der Waals surface area contributed by atoms with Crippen LogP contribution in [0.15, 0.2) is 18.2 Å². The summed E-state index contributed by atoms with van der Waals surface area (Å²) in [5.74, 6) is 6.58. The van der Waals surface area contributed by atoms with Crippen molar-refractivity contribution >= 4 is 0 Å². The average molecular weight is 258 g/mol. The van der Waals surface area contributed by atoms with Crippen LogP contribution in [0.4, 0.5) is 0 Å². The second-order valence-electron chi connectivity index (χ2n) is 6.33. The number of hydrogen-bond acceptors (Lipinski definition) is 2. The molecule has 19 heavy (non-hydrogen) atoms. The summed E-state index contributed by atoms with van der Waals surface area (Å²) in [6.07, 6.45) is 11.8. The topological polar surface area (TPSA) is 38.0 Å². The van der Waals surface area contributed by atoms with Crippen LogP contribution in [0.5, 0.6) is 0 Å².